The minimum atomic E-state index is -0.259. The van der Waals surface area contributed by atoms with E-state index in [1.54, 1.807) is 24.3 Å². The van der Waals surface area contributed by atoms with Gasteiger partial charge in [0.05, 0.1) is 5.69 Å². The van der Waals surface area contributed by atoms with Gasteiger partial charge in [0, 0.05) is 11.6 Å². The second-order valence-corrected chi connectivity index (χ2v) is 4.60. The predicted molar refractivity (Wildman–Crippen MR) is 76.6 cm³/mol. The molecule has 0 aliphatic heterocycles. The van der Waals surface area contributed by atoms with Crippen LogP contribution < -0.4 is 10.1 Å². The maximum atomic E-state index is 13.3. The lowest BCUT2D eigenvalue weighted by Gasteiger charge is -2.11. The van der Waals surface area contributed by atoms with Gasteiger partial charge in [-0.2, -0.15) is 0 Å². The quantitative estimate of drug-likeness (QED) is 0.825. The number of nitrogens with one attached hydrogen (secondary N) is 1. The molecule has 0 aliphatic rings. The zero-order valence-electron chi connectivity index (χ0n) is 10.6. The fourth-order valence-corrected chi connectivity index (χ4v) is 1.95. The number of hydrogen-bond donors (Lipinski definition) is 1. The third kappa shape index (κ3) is 3.86. The molecule has 0 spiro atoms. The molecule has 0 atom stereocenters. The maximum absolute atomic E-state index is 13.3. The summed E-state index contributed by atoms with van der Waals surface area (Å²) in [6, 6.07) is 12.0. The van der Waals surface area contributed by atoms with Crippen LogP contribution in [-0.4, -0.2) is 13.2 Å². The Kier molecular flexibility index (Phi) is 4.63. The number of anilines is 1. The molecule has 2 aromatic rings. The van der Waals surface area contributed by atoms with Gasteiger partial charge in [0.25, 0.3) is 0 Å². The lowest BCUT2D eigenvalue weighted by atomic mass is 10.2. The highest BCUT2D eigenvalue weighted by molar-refractivity contribution is 6.30. The van der Waals surface area contributed by atoms with Gasteiger partial charge in [0.2, 0.25) is 0 Å². The van der Waals surface area contributed by atoms with Crippen molar-refractivity contribution in [3.05, 3.63) is 58.9 Å². The summed E-state index contributed by atoms with van der Waals surface area (Å²) in [5, 5.41) is 3.68. The van der Waals surface area contributed by atoms with E-state index in [-0.39, 0.29) is 5.82 Å². The Hall–Kier alpha value is -1.74. The maximum Gasteiger partial charge on any atom is 0.146 e. The molecule has 0 unspecified atom stereocenters. The van der Waals surface area contributed by atoms with Crippen molar-refractivity contribution < 1.29 is 9.13 Å². The van der Waals surface area contributed by atoms with E-state index in [1.165, 1.54) is 6.07 Å². The molecule has 0 amide bonds. The van der Waals surface area contributed by atoms with E-state index in [4.69, 9.17) is 16.3 Å². The molecule has 2 nitrogen and oxygen atoms in total. The minimum absolute atomic E-state index is 0.259. The highest BCUT2D eigenvalue weighted by atomic mass is 35.5. The fourth-order valence-electron chi connectivity index (χ4n) is 1.73. The Bertz CT molecular complexity index is 560. The summed E-state index contributed by atoms with van der Waals surface area (Å²) in [5.74, 6) is 0.532. The first-order chi connectivity index (χ1) is 9.16. The monoisotopic (exact) mass is 279 g/mol. The van der Waals surface area contributed by atoms with Gasteiger partial charge in [-0.3, -0.25) is 0 Å². The Labute approximate surface area is 117 Å². The van der Waals surface area contributed by atoms with Crippen molar-refractivity contribution in [1.29, 1.82) is 0 Å². The summed E-state index contributed by atoms with van der Waals surface area (Å²) in [6.45, 7) is 2.92. The molecular weight excluding hydrogens is 265 g/mol. The van der Waals surface area contributed by atoms with Gasteiger partial charge < -0.3 is 10.1 Å². The van der Waals surface area contributed by atoms with Gasteiger partial charge in [-0.25, -0.2) is 4.39 Å². The molecule has 0 heterocycles. The van der Waals surface area contributed by atoms with Crippen molar-refractivity contribution >= 4 is 17.3 Å². The minimum Gasteiger partial charge on any atom is -0.491 e. The summed E-state index contributed by atoms with van der Waals surface area (Å²) in [4.78, 5) is 0. The Morgan fingerprint density at radius 3 is 2.74 bits per heavy atom. The predicted octanol–water partition coefficient (Wildman–Crippen LogP) is 4.28. The third-order valence-corrected chi connectivity index (χ3v) is 2.92. The number of para-hydroxylation sites is 1. The molecule has 2 aromatic carbocycles. The third-order valence-electron chi connectivity index (χ3n) is 2.69. The molecule has 0 bridgehead atoms. The summed E-state index contributed by atoms with van der Waals surface area (Å²) in [5.41, 5.74) is 1.47. The summed E-state index contributed by atoms with van der Waals surface area (Å²) in [6.07, 6.45) is 0. The standard InChI is InChI=1S/C15H15ClFNO/c1-11-10-12(16)6-7-15(11)19-9-8-18-14-5-3-2-4-13(14)17/h2-7,10,18H,8-9H2,1H3. The Morgan fingerprint density at radius 1 is 1.21 bits per heavy atom. The van der Waals surface area contributed by atoms with Crippen molar-refractivity contribution in [3.63, 3.8) is 0 Å². The van der Waals surface area contributed by atoms with Gasteiger partial charge in [-0.1, -0.05) is 23.7 Å². The van der Waals surface area contributed by atoms with E-state index < -0.39 is 0 Å². The Balaban J connectivity index is 1.83. The molecule has 0 saturated carbocycles. The van der Waals surface area contributed by atoms with Gasteiger partial charge in [0.1, 0.15) is 18.2 Å². The van der Waals surface area contributed by atoms with E-state index in [2.05, 4.69) is 5.32 Å². The first-order valence-corrected chi connectivity index (χ1v) is 6.42. The van der Waals surface area contributed by atoms with Crippen LogP contribution in [-0.2, 0) is 0 Å². The Morgan fingerprint density at radius 2 is 2.00 bits per heavy atom. The SMILES string of the molecule is Cc1cc(Cl)ccc1OCCNc1ccccc1F. The molecule has 4 heteroatoms. The lowest BCUT2D eigenvalue weighted by molar-refractivity contribution is 0.330. The summed E-state index contributed by atoms with van der Waals surface area (Å²) >= 11 is 5.87. The van der Waals surface area contributed by atoms with Crippen molar-refractivity contribution in [3.8, 4) is 5.75 Å². The first-order valence-electron chi connectivity index (χ1n) is 6.04. The van der Waals surface area contributed by atoms with Crippen LogP contribution in [0.1, 0.15) is 5.56 Å². The van der Waals surface area contributed by atoms with Crippen LogP contribution >= 0.6 is 11.6 Å². The molecule has 0 aliphatic carbocycles. The van der Waals surface area contributed by atoms with Crippen molar-refractivity contribution in [2.45, 2.75) is 6.92 Å². The number of halogens is 2. The zero-order chi connectivity index (χ0) is 13.7. The first kappa shape index (κ1) is 13.7. The second-order valence-electron chi connectivity index (χ2n) is 4.16. The largest absolute Gasteiger partial charge is 0.491 e. The van der Waals surface area contributed by atoms with E-state index in [1.807, 2.05) is 19.1 Å². The van der Waals surface area contributed by atoms with Crippen LogP contribution in [0.2, 0.25) is 5.02 Å². The molecule has 1 N–H and O–H groups in total. The number of benzene rings is 2. The number of aryl methyl sites for hydroxylation is 1. The summed E-state index contributed by atoms with van der Waals surface area (Å²) in [7, 11) is 0. The van der Waals surface area contributed by atoms with Crippen LogP contribution in [0.4, 0.5) is 10.1 Å². The smallest absolute Gasteiger partial charge is 0.146 e. The highest BCUT2D eigenvalue weighted by Gasteiger charge is 2.01. The van der Waals surface area contributed by atoms with E-state index in [0.29, 0.717) is 23.9 Å². The van der Waals surface area contributed by atoms with Crippen LogP contribution in [0, 0.1) is 12.7 Å². The van der Waals surface area contributed by atoms with Crippen LogP contribution in [0.15, 0.2) is 42.5 Å². The average molecular weight is 280 g/mol. The van der Waals surface area contributed by atoms with Crippen molar-refractivity contribution in [2.24, 2.45) is 0 Å². The van der Waals surface area contributed by atoms with E-state index >= 15 is 0 Å². The van der Waals surface area contributed by atoms with E-state index in [9.17, 15) is 4.39 Å². The number of ether oxygens (including phenoxy) is 1. The lowest BCUT2D eigenvalue weighted by Crippen LogP contribution is -2.12. The second kappa shape index (κ2) is 6.43. The van der Waals surface area contributed by atoms with Crippen LogP contribution in [0.25, 0.3) is 0 Å². The number of rotatable bonds is 5. The van der Waals surface area contributed by atoms with Crippen LogP contribution in [0.5, 0.6) is 5.75 Å². The molecule has 0 radical (unpaired) electrons. The molecular formula is C15H15ClFNO. The van der Waals surface area contributed by atoms with Gasteiger partial charge in [-0.15, -0.1) is 0 Å². The molecule has 100 valence electrons. The van der Waals surface area contributed by atoms with Crippen molar-refractivity contribution in [1.82, 2.24) is 0 Å². The van der Waals surface area contributed by atoms with E-state index in [0.717, 1.165) is 11.3 Å². The van der Waals surface area contributed by atoms with Gasteiger partial charge >= 0.3 is 0 Å². The molecule has 0 aromatic heterocycles. The van der Waals surface area contributed by atoms with Gasteiger partial charge in [0.15, 0.2) is 0 Å². The average Bonchev–Trinajstić information content (AvgIpc) is 2.38. The van der Waals surface area contributed by atoms with Crippen LogP contribution in [0.3, 0.4) is 0 Å². The molecule has 2 rings (SSSR count). The van der Waals surface area contributed by atoms with Crippen molar-refractivity contribution in [2.75, 3.05) is 18.5 Å². The topological polar surface area (TPSA) is 21.3 Å². The number of hydrogen-bond acceptors (Lipinski definition) is 2. The fraction of sp³-hybridized carbons (Fsp3) is 0.200. The zero-order valence-corrected chi connectivity index (χ0v) is 11.4. The van der Waals surface area contributed by atoms with Gasteiger partial charge in [-0.05, 0) is 42.8 Å². The normalized spacial score (nSPS) is 10.3. The molecule has 19 heavy (non-hydrogen) atoms. The molecule has 0 saturated heterocycles. The highest BCUT2D eigenvalue weighted by Crippen LogP contribution is 2.21. The molecule has 0 fully saturated rings. The summed E-state index contributed by atoms with van der Waals surface area (Å²) < 4.78 is 18.9.